The quantitative estimate of drug-likeness (QED) is 0.747. The molecule has 0 radical (unpaired) electrons. The molecule has 0 aromatic heterocycles. The van der Waals surface area contributed by atoms with Gasteiger partial charge in [-0.15, -0.1) is 0 Å². The maximum Gasteiger partial charge on any atom is 0.303 e. The molecule has 0 saturated carbocycles. The molecule has 2 aliphatic carbocycles. The molecule has 4 atom stereocenters. The second kappa shape index (κ2) is 4.88. The van der Waals surface area contributed by atoms with E-state index in [0.29, 0.717) is 17.9 Å². The molecule has 2 heterocycles. The van der Waals surface area contributed by atoms with Crippen LogP contribution < -0.4 is 9.47 Å². The lowest BCUT2D eigenvalue weighted by atomic mass is 9.50. The van der Waals surface area contributed by atoms with Gasteiger partial charge in [0.05, 0.1) is 18.6 Å². The molecule has 0 unspecified atom stereocenters. The average molecular weight is 355 g/mol. The SMILES string of the molecule is COc1ccc2c3c1O[C@H]1C(=O)C=C[C@@]4(OC(C)=O)[C@@H](C2)N(C)CC[C@]314. The topological polar surface area (TPSA) is 65.1 Å². The monoisotopic (exact) mass is 355 g/mol. The normalized spacial score (nSPS) is 36.3. The van der Waals surface area contributed by atoms with Gasteiger partial charge in [-0.2, -0.15) is 0 Å². The van der Waals surface area contributed by atoms with Crippen molar-refractivity contribution in [2.75, 3.05) is 20.7 Å². The molecule has 4 aliphatic rings. The molecule has 2 aliphatic heterocycles. The summed E-state index contributed by atoms with van der Waals surface area (Å²) in [5, 5.41) is 0. The number of likely N-dealkylation sites (tertiary alicyclic amines) is 1. The Labute approximate surface area is 151 Å². The van der Waals surface area contributed by atoms with Gasteiger partial charge in [0.15, 0.2) is 29.0 Å². The molecule has 0 amide bonds. The molecule has 0 N–H and O–H groups in total. The van der Waals surface area contributed by atoms with Crippen LogP contribution in [0.2, 0.25) is 0 Å². The number of carbonyl (C=O) groups is 2. The number of hydrogen-bond acceptors (Lipinski definition) is 6. The number of ether oxygens (including phenoxy) is 3. The van der Waals surface area contributed by atoms with Gasteiger partial charge in [-0.25, -0.2) is 0 Å². The van der Waals surface area contributed by atoms with E-state index >= 15 is 0 Å². The molecule has 1 aromatic carbocycles. The summed E-state index contributed by atoms with van der Waals surface area (Å²) >= 11 is 0. The number of methoxy groups -OCH3 is 1. The first kappa shape index (κ1) is 15.9. The van der Waals surface area contributed by atoms with Crippen molar-refractivity contribution in [3.63, 3.8) is 0 Å². The van der Waals surface area contributed by atoms with E-state index in [1.807, 2.05) is 19.2 Å². The van der Waals surface area contributed by atoms with Gasteiger partial charge < -0.3 is 14.2 Å². The van der Waals surface area contributed by atoms with Gasteiger partial charge in [-0.3, -0.25) is 14.5 Å². The summed E-state index contributed by atoms with van der Waals surface area (Å²) < 4.78 is 17.8. The standard InChI is InChI=1S/C20H21NO5/c1-11(22)26-20-7-6-13(23)18-19(20)8-9-21(2)15(20)10-12-4-5-14(24-3)17(25-18)16(12)19/h4-7,15,18H,8-10H2,1-3H3/t15-,18+,19+,20-/m1/s1. The fourth-order valence-corrected chi connectivity index (χ4v) is 5.68. The molecule has 26 heavy (non-hydrogen) atoms. The van der Waals surface area contributed by atoms with Crippen LogP contribution in [-0.2, 0) is 26.2 Å². The fraction of sp³-hybridized carbons (Fsp3) is 0.500. The summed E-state index contributed by atoms with van der Waals surface area (Å²) in [6.45, 7) is 2.24. The smallest absolute Gasteiger partial charge is 0.303 e. The molecule has 6 heteroatoms. The van der Waals surface area contributed by atoms with Crippen LogP contribution in [0.1, 0.15) is 24.5 Å². The van der Waals surface area contributed by atoms with Gasteiger partial charge in [0.2, 0.25) is 0 Å². The first-order valence-corrected chi connectivity index (χ1v) is 8.94. The third kappa shape index (κ3) is 1.57. The molecule has 1 fully saturated rings. The van der Waals surface area contributed by atoms with E-state index < -0.39 is 17.1 Å². The molecular weight excluding hydrogens is 334 g/mol. The van der Waals surface area contributed by atoms with E-state index in [-0.39, 0.29) is 17.8 Å². The zero-order valence-corrected chi connectivity index (χ0v) is 15.1. The van der Waals surface area contributed by atoms with Gasteiger partial charge in [0, 0.05) is 12.5 Å². The third-order valence-electron chi connectivity index (χ3n) is 6.62. The number of rotatable bonds is 2. The largest absolute Gasteiger partial charge is 0.493 e. The van der Waals surface area contributed by atoms with Crippen LogP contribution in [0.3, 0.4) is 0 Å². The lowest BCUT2D eigenvalue weighted by Gasteiger charge is -2.61. The number of piperidine rings is 1. The molecule has 136 valence electrons. The van der Waals surface area contributed by atoms with Crippen molar-refractivity contribution >= 4 is 11.8 Å². The highest BCUT2D eigenvalue weighted by atomic mass is 16.6. The minimum Gasteiger partial charge on any atom is -0.493 e. The van der Waals surface area contributed by atoms with Crippen molar-refractivity contribution in [1.82, 2.24) is 4.90 Å². The van der Waals surface area contributed by atoms with E-state index in [9.17, 15) is 9.59 Å². The highest BCUT2D eigenvalue weighted by Crippen LogP contribution is 2.64. The van der Waals surface area contributed by atoms with Gasteiger partial charge in [-0.1, -0.05) is 6.07 Å². The number of hydrogen-bond donors (Lipinski definition) is 0. The number of likely N-dealkylation sites (N-methyl/N-ethyl adjacent to an activating group) is 1. The summed E-state index contributed by atoms with van der Waals surface area (Å²) in [7, 11) is 3.65. The molecule has 2 bridgehead atoms. The van der Waals surface area contributed by atoms with Crippen molar-refractivity contribution < 1.29 is 23.8 Å². The predicted molar refractivity (Wildman–Crippen MR) is 92.5 cm³/mol. The maximum absolute atomic E-state index is 12.8. The lowest BCUT2D eigenvalue weighted by Crippen LogP contribution is -2.75. The van der Waals surface area contributed by atoms with Crippen molar-refractivity contribution in [2.45, 2.75) is 42.9 Å². The van der Waals surface area contributed by atoms with Gasteiger partial charge in [0.1, 0.15) is 0 Å². The molecule has 5 rings (SSSR count). The van der Waals surface area contributed by atoms with Crippen LogP contribution in [0.5, 0.6) is 11.5 Å². The van der Waals surface area contributed by atoms with Gasteiger partial charge in [-0.05, 0) is 50.2 Å². The summed E-state index contributed by atoms with van der Waals surface area (Å²) in [5.41, 5.74) is 0.532. The Morgan fingerprint density at radius 2 is 2.19 bits per heavy atom. The van der Waals surface area contributed by atoms with Gasteiger partial charge in [0.25, 0.3) is 0 Å². The molecular formula is C20H21NO5. The molecule has 1 aromatic rings. The van der Waals surface area contributed by atoms with Crippen molar-refractivity contribution in [3.05, 3.63) is 35.4 Å². The Bertz CT molecular complexity index is 877. The van der Waals surface area contributed by atoms with Crippen LogP contribution >= 0.6 is 0 Å². The minimum atomic E-state index is -0.908. The Morgan fingerprint density at radius 3 is 2.92 bits per heavy atom. The second-order valence-corrected chi connectivity index (χ2v) is 7.67. The summed E-state index contributed by atoms with van der Waals surface area (Å²) in [6.07, 6.45) is 4.07. The van der Waals surface area contributed by atoms with Gasteiger partial charge >= 0.3 is 5.97 Å². The van der Waals surface area contributed by atoms with E-state index in [1.54, 1.807) is 7.11 Å². The van der Waals surface area contributed by atoms with Crippen LogP contribution in [-0.4, -0.2) is 55.1 Å². The van der Waals surface area contributed by atoms with E-state index in [1.165, 1.54) is 13.0 Å². The summed E-state index contributed by atoms with van der Waals surface area (Å²) in [4.78, 5) is 27.2. The maximum atomic E-state index is 12.8. The second-order valence-electron chi connectivity index (χ2n) is 7.67. The Kier molecular flexibility index (Phi) is 2.98. The predicted octanol–water partition coefficient (Wildman–Crippen LogP) is 1.40. The highest BCUT2D eigenvalue weighted by Gasteiger charge is 2.74. The van der Waals surface area contributed by atoms with Crippen LogP contribution in [0.25, 0.3) is 0 Å². The van der Waals surface area contributed by atoms with Crippen LogP contribution in [0, 0.1) is 0 Å². The number of ketones is 1. The summed E-state index contributed by atoms with van der Waals surface area (Å²) in [6, 6.07) is 3.91. The van der Waals surface area contributed by atoms with E-state index in [2.05, 4.69) is 11.0 Å². The number of esters is 1. The van der Waals surface area contributed by atoms with Crippen molar-refractivity contribution in [1.29, 1.82) is 0 Å². The number of benzene rings is 1. The first-order chi connectivity index (χ1) is 12.4. The minimum absolute atomic E-state index is 0.0394. The lowest BCUT2D eigenvalue weighted by molar-refractivity contribution is -0.188. The Balaban J connectivity index is 1.87. The van der Waals surface area contributed by atoms with Crippen molar-refractivity contribution in [3.8, 4) is 11.5 Å². The van der Waals surface area contributed by atoms with E-state index in [0.717, 1.165) is 24.1 Å². The van der Waals surface area contributed by atoms with Crippen LogP contribution in [0.15, 0.2) is 24.3 Å². The Morgan fingerprint density at radius 1 is 1.38 bits per heavy atom. The van der Waals surface area contributed by atoms with Crippen LogP contribution in [0.4, 0.5) is 0 Å². The van der Waals surface area contributed by atoms with E-state index in [4.69, 9.17) is 14.2 Å². The molecule has 1 saturated heterocycles. The average Bonchev–Trinajstić information content (AvgIpc) is 2.96. The highest BCUT2D eigenvalue weighted by molar-refractivity contribution is 5.99. The number of nitrogens with zero attached hydrogens (tertiary/aromatic N) is 1. The zero-order chi connectivity index (χ0) is 18.3. The molecule has 1 spiro atoms. The van der Waals surface area contributed by atoms with Crippen molar-refractivity contribution in [2.24, 2.45) is 0 Å². The summed E-state index contributed by atoms with van der Waals surface area (Å²) in [5.74, 6) is 0.824. The third-order valence-corrected chi connectivity index (χ3v) is 6.62. The number of carbonyl (C=O) groups excluding carboxylic acids is 2. The first-order valence-electron chi connectivity index (χ1n) is 8.94. The fourth-order valence-electron chi connectivity index (χ4n) is 5.68. The molecule has 6 nitrogen and oxygen atoms in total. The Hall–Kier alpha value is -2.34. The zero-order valence-electron chi connectivity index (χ0n) is 15.1.